The second kappa shape index (κ2) is 10.2. The van der Waals surface area contributed by atoms with Crippen LogP contribution < -0.4 is 10.6 Å². The Balaban J connectivity index is 1.41. The number of benzene rings is 1. The molecule has 2 heterocycles. The second-order valence-electron chi connectivity index (χ2n) is 8.21. The van der Waals surface area contributed by atoms with Gasteiger partial charge in [-0.3, -0.25) is 9.89 Å². The minimum Gasteiger partial charge on any atom is -0.373 e. The number of hydrogen-bond acceptors (Lipinski definition) is 4. The summed E-state index contributed by atoms with van der Waals surface area (Å²) in [6.07, 6.45) is 2.25. The highest BCUT2D eigenvalue weighted by atomic mass is 16.5. The maximum absolute atomic E-state index is 5.83. The minimum atomic E-state index is -0.0676. The van der Waals surface area contributed by atoms with Gasteiger partial charge in [0.05, 0.1) is 5.60 Å². The largest absolute Gasteiger partial charge is 0.373 e. The predicted molar refractivity (Wildman–Crippen MR) is 116 cm³/mol. The van der Waals surface area contributed by atoms with Crippen molar-refractivity contribution in [3.05, 3.63) is 35.4 Å². The number of piperazine rings is 1. The van der Waals surface area contributed by atoms with Crippen molar-refractivity contribution in [3.8, 4) is 0 Å². The molecule has 1 unspecified atom stereocenters. The van der Waals surface area contributed by atoms with Gasteiger partial charge in [0.1, 0.15) is 0 Å². The molecule has 156 valence electrons. The zero-order valence-corrected chi connectivity index (χ0v) is 17.8. The third kappa shape index (κ3) is 6.19. The molecule has 0 saturated carbocycles. The number of nitrogens with one attached hydrogen (secondary N) is 2. The molecule has 0 aromatic heterocycles. The quantitative estimate of drug-likeness (QED) is 0.554. The summed E-state index contributed by atoms with van der Waals surface area (Å²) >= 11 is 0. The molecule has 2 N–H and O–H groups in total. The zero-order chi connectivity index (χ0) is 19.8. The fourth-order valence-corrected chi connectivity index (χ4v) is 3.94. The zero-order valence-electron chi connectivity index (χ0n) is 17.8. The van der Waals surface area contributed by atoms with Gasteiger partial charge in [0.25, 0.3) is 0 Å². The van der Waals surface area contributed by atoms with Crippen molar-refractivity contribution < 1.29 is 4.74 Å². The van der Waals surface area contributed by atoms with Crippen LogP contribution in [0.1, 0.15) is 37.8 Å². The molecular weight excluding hydrogens is 350 g/mol. The first-order chi connectivity index (χ1) is 13.6. The highest BCUT2D eigenvalue weighted by Gasteiger charge is 2.29. The first-order valence-electron chi connectivity index (χ1n) is 10.7. The Labute approximate surface area is 170 Å². The van der Waals surface area contributed by atoms with Crippen LogP contribution in [0.15, 0.2) is 29.3 Å². The lowest BCUT2D eigenvalue weighted by Gasteiger charge is -2.34. The van der Waals surface area contributed by atoms with Gasteiger partial charge < -0.3 is 20.3 Å². The number of ether oxygens (including phenoxy) is 1. The van der Waals surface area contributed by atoms with E-state index in [9.17, 15) is 0 Å². The summed E-state index contributed by atoms with van der Waals surface area (Å²) in [6.45, 7) is 13.8. The maximum atomic E-state index is 5.83. The molecule has 1 aromatic carbocycles. The smallest absolute Gasteiger partial charge is 0.191 e. The molecule has 0 amide bonds. The van der Waals surface area contributed by atoms with Gasteiger partial charge in [0.2, 0.25) is 0 Å². The fraction of sp³-hybridized carbons (Fsp3) is 0.682. The van der Waals surface area contributed by atoms with E-state index in [1.54, 1.807) is 0 Å². The predicted octanol–water partition coefficient (Wildman–Crippen LogP) is 2.06. The highest BCUT2D eigenvalue weighted by Crippen LogP contribution is 2.23. The molecular formula is C22H37N5O. The summed E-state index contributed by atoms with van der Waals surface area (Å²) in [6, 6.07) is 8.96. The van der Waals surface area contributed by atoms with Crippen molar-refractivity contribution in [1.29, 1.82) is 0 Å². The van der Waals surface area contributed by atoms with E-state index >= 15 is 0 Å². The summed E-state index contributed by atoms with van der Waals surface area (Å²) in [7, 11) is 1.81. The molecule has 6 nitrogen and oxygen atoms in total. The molecule has 2 fully saturated rings. The van der Waals surface area contributed by atoms with Crippen LogP contribution in [-0.2, 0) is 17.8 Å². The van der Waals surface area contributed by atoms with Crippen molar-refractivity contribution in [1.82, 2.24) is 20.4 Å². The standard InChI is InChI=1S/C22H37N5O/c1-4-26-11-13-27(14-12-26)17-20-8-6-19(7-9-20)16-24-21(23-3)25-18-22(2)10-5-15-28-22/h6-9H,4-5,10-18H2,1-3H3,(H2,23,24,25). The molecule has 3 rings (SSSR count). The van der Waals surface area contributed by atoms with Crippen LogP contribution in [-0.4, -0.2) is 74.3 Å². The van der Waals surface area contributed by atoms with Gasteiger partial charge >= 0.3 is 0 Å². The number of hydrogen-bond donors (Lipinski definition) is 2. The molecule has 0 spiro atoms. The Hall–Kier alpha value is -1.63. The average Bonchev–Trinajstić information content (AvgIpc) is 3.16. The van der Waals surface area contributed by atoms with Crippen LogP contribution in [0.3, 0.4) is 0 Å². The third-order valence-electron chi connectivity index (χ3n) is 5.96. The number of guanidine groups is 1. The van der Waals surface area contributed by atoms with Gasteiger partial charge in [0.15, 0.2) is 5.96 Å². The molecule has 1 aromatic rings. The lowest BCUT2D eigenvalue weighted by Crippen LogP contribution is -2.45. The Bertz CT molecular complexity index is 616. The van der Waals surface area contributed by atoms with E-state index in [0.717, 1.165) is 45.0 Å². The lowest BCUT2D eigenvalue weighted by molar-refractivity contribution is 0.0243. The van der Waals surface area contributed by atoms with E-state index in [0.29, 0.717) is 0 Å². The van der Waals surface area contributed by atoms with Gasteiger partial charge in [0, 0.05) is 59.5 Å². The molecule has 28 heavy (non-hydrogen) atoms. The molecule has 2 aliphatic rings. The minimum absolute atomic E-state index is 0.0676. The van der Waals surface area contributed by atoms with Crippen molar-refractivity contribution in [2.45, 2.75) is 45.4 Å². The van der Waals surface area contributed by atoms with E-state index in [1.807, 2.05) is 7.05 Å². The van der Waals surface area contributed by atoms with E-state index in [1.165, 1.54) is 43.9 Å². The van der Waals surface area contributed by atoms with Gasteiger partial charge in [-0.15, -0.1) is 0 Å². The average molecular weight is 388 g/mol. The first kappa shape index (κ1) is 21.1. The summed E-state index contributed by atoms with van der Waals surface area (Å²) in [5.74, 6) is 0.828. The second-order valence-corrected chi connectivity index (χ2v) is 8.21. The SMILES string of the molecule is CCN1CCN(Cc2ccc(CNC(=NC)NCC3(C)CCCO3)cc2)CC1. The molecule has 2 saturated heterocycles. The Kier molecular flexibility index (Phi) is 7.71. The molecule has 0 aliphatic carbocycles. The van der Waals surface area contributed by atoms with E-state index in [-0.39, 0.29) is 5.60 Å². The number of likely N-dealkylation sites (N-methyl/N-ethyl adjacent to an activating group) is 1. The molecule has 2 aliphatic heterocycles. The highest BCUT2D eigenvalue weighted by molar-refractivity contribution is 5.79. The van der Waals surface area contributed by atoms with Gasteiger partial charge in [-0.05, 0) is 37.4 Å². The lowest BCUT2D eigenvalue weighted by atomic mass is 10.0. The van der Waals surface area contributed by atoms with Crippen LogP contribution in [0.4, 0.5) is 0 Å². The summed E-state index contributed by atoms with van der Waals surface area (Å²) in [5.41, 5.74) is 2.59. The van der Waals surface area contributed by atoms with Crippen molar-refractivity contribution in [3.63, 3.8) is 0 Å². The van der Waals surface area contributed by atoms with Crippen LogP contribution in [0.2, 0.25) is 0 Å². The Morgan fingerprint density at radius 3 is 2.36 bits per heavy atom. The van der Waals surface area contributed by atoms with E-state index < -0.39 is 0 Å². The van der Waals surface area contributed by atoms with Gasteiger partial charge in [-0.1, -0.05) is 31.2 Å². The van der Waals surface area contributed by atoms with Crippen LogP contribution in [0.5, 0.6) is 0 Å². The first-order valence-corrected chi connectivity index (χ1v) is 10.7. The number of nitrogens with zero attached hydrogens (tertiary/aromatic N) is 3. The number of rotatable bonds is 7. The number of aliphatic imine (C=N–C) groups is 1. The topological polar surface area (TPSA) is 52.1 Å². The normalized spacial score (nSPS) is 24.5. The molecule has 6 heteroatoms. The summed E-state index contributed by atoms with van der Waals surface area (Å²) in [5, 5.41) is 6.81. The van der Waals surface area contributed by atoms with E-state index in [2.05, 4.69) is 63.5 Å². The summed E-state index contributed by atoms with van der Waals surface area (Å²) < 4.78 is 5.83. The Morgan fingerprint density at radius 2 is 1.75 bits per heavy atom. The molecule has 1 atom stereocenters. The van der Waals surface area contributed by atoms with Crippen LogP contribution >= 0.6 is 0 Å². The van der Waals surface area contributed by atoms with Gasteiger partial charge in [-0.25, -0.2) is 0 Å². The van der Waals surface area contributed by atoms with Gasteiger partial charge in [-0.2, -0.15) is 0 Å². The van der Waals surface area contributed by atoms with Crippen molar-refractivity contribution in [2.75, 3.05) is 52.9 Å². The maximum Gasteiger partial charge on any atom is 0.191 e. The van der Waals surface area contributed by atoms with Crippen molar-refractivity contribution in [2.24, 2.45) is 4.99 Å². The van der Waals surface area contributed by atoms with E-state index in [4.69, 9.17) is 4.74 Å². The fourth-order valence-electron chi connectivity index (χ4n) is 3.94. The third-order valence-corrected chi connectivity index (χ3v) is 5.96. The van der Waals surface area contributed by atoms with Crippen LogP contribution in [0.25, 0.3) is 0 Å². The van der Waals surface area contributed by atoms with Crippen LogP contribution in [0, 0.1) is 0 Å². The molecule has 0 radical (unpaired) electrons. The summed E-state index contributed by atoms with van der Waals surface area (Å²) in [4.78, 5) is 9.40. The van der Waals surface area contributed by atoms with Crippen molar-refractivity contribution >= 4 is 5.96 Å². The molecule has 0 bridgehead atoms. The monoisotopic (exact) mass is 387 g/mol. The Morgan fingerprint density at radius 1 is 1.07 bits per heavy atom.